The molecule has 3 rings (SSSR count). The maximum Gasteiger partial charge on any atom is 0.325 e. The second kappa shape index (κ2) is 7.36. The van der Waals surface area contributed by atoms with Crippen LogP contribution in [0.5, 0.6) is 5.75 Å². The molecular formula is C20H21FN2O4. The standard InChI is InChI=1S/C20H21FN2O4/c1-13-3-5-14(6-4-13)20(2)18(25)23(19(26)22-20)11-16(24)12-27-17-9-7-15(21)8-10-17/h3-10,16,24H,11-12H2,1-2H3,(H,22,26)/t16-,20+/m1/s1. The van der Waals surface area contributed by atoms with E-state index < -0.39 is 29.4 Å². The number of rotatable bonds is 6. The number of halogens is 1. The highest BCUT2D eigenvalue weighted by Crippen LogP contribution is 2.29. The monoisotopic (exact) mass is 372 g/mol. The van der Waals surface area contributed by atoms with E-state index in [2.05, 4.69) is 5.32 Å². The molecule has 1 saturated heterocycles. The quantitative estimate of drug-likeness (QED) is 0.763. The number of benzene rings is 2. The molecule has 1 aliphatic heterocycles. The van der Waals surface area contributed by atoms with Gasteiger partial charge in [-0.3, -0.25) is 9.69 Å². The highest BCUT2D eigenvalue weighted by atomic mass is 19.1. The van der Waals surface area contributed by atoms with Crippen LogP contribution in [0.15, 0.2) is 48.5 Å². The number of aliphatic hydroxyl groups excluding tert-OH is 1. The fourth-order valence-corrected chi connectivity index (χ4v) is 2.93. The van der Waals surface area contributed by atoms with Crippen LogP contribution in [0.25, 0.3) is 0 Å². The molecule has 142 valence electrons. The van der Waals surface area contributed by atoms with E-state index in [-0.39, 0.29) is 13.2 Å². The number of ether oxygens (including phenoxy) is 1. The zero-order chi connectivity index (χ0) is 19.6. The summed E-state index contributed by atoms with van der Waals surface area (Å²) in [5, 5.41) is 12.9. The second-order valence-electron chi connectivity index (χ2n) is 6.76. The summed E-state index contributed by atoms with van der Waals surface area (Å²) in [5.41, 5.74) is 0.540. The third-order valence-corrected chi connectivity index (χ3v) is 4.55. The van der Waals surface area contributed by atoms with Gasteiger partial charge in [0.15, 0.2) is 0 Å². The van der Waals surface area contributed by atoms with Gasteiger partial charge in [-0.2, -0.15) is 0 Å². The largest absolute Gasteiger partial charge is 0.491 e. The number of aliphatic hydroxyl groups is 1. The Morgan fingerprint density at radius 3 is 2.41 bits per heavy atom. The van der Waals surface area contributed by atoms with Crippen LogP contribution in [0.1, 0.15) is 18.1 Å². The first-order valence-corrected chi connectivity index (χ1v) is 8.57. The van der Waals surface area contributed by atoms with Gasteiger partial charge in [0.2, 0.25) is 0 Å². The lowest BCUT2D eigenvalue weighted by atomic mass is 9.91. The number of imide groups is 1. The second-order valence-corrected chi connectivity index (χ2v) is 6.76. The maximum absolute atomic E-state index is 12.9. The average molecular weight is 372 g/mol. The number of hydrogen-bond donors (Lipinski definition) is 2. The first-order chi connectivity index (χ1) is 12.8. The summed E-state index contributed by atoms with van der Waals surface area (Å²) >= 11 is 0. The Hall–Kier alpha value is -2.93. The van der Waals surface area contributed by atoms with Crippen molar-refractivity contribution in [1.29, 1.82) is 0 Å². The number of urea groups is 1. The molecule has 1 fully saturated rings. The van der Waals surface area contributed by atoms with Gasteiger partial charge < -0.3 is 15.2 Å². The summed E-state index contributed by atoms with van der Waals surface area (Å²) in [4.78, 5) is 26.1. The molecule has 0 aliphatic carbocycles. The zero-order valence-electron chi connectivity index (χ0n) is 15.1. The number of hydrogen-bond acceptors (Lipinski definition) is 4. The zero-order valence-corrected chi connectivity index (χ0v) is 15.1. The van der Waals surface area contributed by atoms with Crippen molar-refractivity contribution in [3.05, 3.63) is 65.5 Å². The Morgan fingerprint density at radius 2 is 1.78 bits per heavy atom. The first kappa shape index (κ1) is 18.8. The normalized spacial score (nSPS) is 20.5. The molecule has 2 N–H and O–H groups in total. The van der Waals surface area contributed by atoms with E-state index in [0.717, 1.165) is 10.5 Å². The predicted molar refractivity (Wildman–Crippen MR) is 96.7 cm³/mol. The molecule has 2 aromatic carbocycles. The minimum absolute atomic E-state index is 0.135. The Labute approximate surface area is 156 Å². The van der Waals surface area contributed by atoms with E-state index in [1.807, 2.05) is 19.1 Å². The molecule has 1 heterocycles. The van der Waals surface area contributed by atoms with E-state index in [0.29, 0.717) is 11.3 Å². The third-order valence-electron chi connectivity index (χ3n) is 4.55. The third kappa shape index (κ3) is 3.93. The van der Waals surface area contributed by atoms with E-state index in [1.165, 1.54) is 24.3 Å². The van der Waals surface area contributed by atoms with Crippen molar-refractivity contribution >= 4 is 11.9 Å². The van der Waals surface area contributed by atoms with E-state index >= 15 is 0 Å². The number of β-amino-alcohol motifs (C(OH)–C–C–N with tert-alkyl or cyclic N) is 1. The number of carbonyl (C=O) groups is 2. The van der Waals surface area contributed by atoms with Crippen molar-refractivity contribution in [2.24, 2.45) is 0 Å². The van der Waals surface area contributed by atoms with Gasteiger partial charge in [0, 0.05) is 0 Å². The molecule has 0 unspecified atom stereocenters. The van der Waals surface area contributed by atoms with Crippen molar-refractivity contribution in [2.75, 3.05) is 13.2 Å². The van der Waals surface area contributed by atoms with Crippen molar-refractivity contribution in [1.82, 2.24) is 10.2 Å². The van der Waals surface area contributed by atoms with E-state index in [1.54, 1.807) is 19.1 Å². The summed E-state index contributed by atoms with van der Waals surface area (Å²) in [6, 6.07) is 12.1. The minimum atomic E-state index is -1.18. The van der Waals surface area contributed by atoms with E-state index in [9.17, 15) is 19.1 Å². The van der Waals surface area contributed by atoms with Gasteiger partial charge in [0.1, 0.15) is 29.8 Å². The molecule has 27 heavy (non-hydrogen) atoms. The molecule has 7 heteroatoms. The molecule has 0 radical (unpaired) electrons. The lowest BCUT2D eigenvalue weighted by Gasteiger charge is -2.23. The van der Waals surface area contributed by atoms with Crippen molar-refractivity contribution in [2.45, 2.75) is 25.5 Å². The molecule has 3 amide bonds. The van der Waals surface area contributed by atoms with Gasteiger partial charge in [-0.15, -0.1) is 0 Å². The van der Waals surface area contributed by atoms with Gasteiger partial charge in [0.25, 0.3) is 5.91 Å². The van der Waals surface area contributed by atoms with Gasteiger partial charge in [-0.05, 0) is 43.7 Å². The molecule has 0 bridgehead atoms. The molecule has 2 aromatic rings. The van der Waals surface area contributed by atoms with Crippen LogP contribution in [0, 0.1) is 12.7 Å². The molecule has 2 atom stereocenters. The molecule has 0 aromatic heterocycles. The SMILES string of the molecule is Cc1ccc([C@]2(C)NC(=O)N(C[C@@H](O)COc3ccc(F)cc3)C2=O)cc1. The molecule has 1 aliphatic rings. The summed E-state index contributed by atoms with van der Waals surface area (Å²) in [6.07, 6.45) is -1.08. The van der Waals surface area contributed by atoms with Gasteiger partial charge in [-0.25, -0.2) is 9.18 Å². The van der Waals surface area contributed by atoms with Crippen LogP contribution in [-0.4, -0.2) is 41.2 Å². The number of nitrogens with zero attached hydrogens (tertiary/aromatic N) is 1. The first-order valence-electron chi connectivity index (χ1n) is 8.57. The Kier molecular flexibility index (Phi) is 5.14. The highest BCUT2D eigenvalue weighted by molar-refractivity contribution is 6.07. The summed E-state index contributed by atoms with van der Waals surface area (Å²) in [5.74, 6) is -0.438. The lowest BCUT2D eigenvalue weighted by Crippen LogP contribution is -2.42. The van der Waals surface area contributed by atoms with Gasteiger partial charge in [0.05, 0.1) is 6.54 Å². The van der Waals surface area contributed by atoms with Gasteiger partial charge in [-0.1, -0.05) is 29.8 Å². The number of aryl methyl sites for hydroxylation is 1. The van der Waals surface area contributed by atoms with E-state index in [4.69, 9.17) is 4.74 Å². The van der Waals surface area contributed by atoms with Crippen LogP contribution >= 0.6 is 0 Å². The van der Waals surface area contributed by atoms with Crippen LogP contribution in [0.2, 0.25) is 0 Å². The minimum Gasteiger partial charge on any atom is -0.491 e. The Bertz CT molecular complexity index is 838. The Morgan fingerprint density at radius 1 is 1.15 bits per heavy atom. The fourth-order valence-electron chi connectivity index (χ4n) is 2.93. The van der Waals surface area contributed by atoms with Crippen molar-refractivity contribution < 1.29 is 23.8 Å². The smallest absolute Gasteiger partial charge is 0.325 e. The van der Waals surface area contributed by atoms with Crippen LogP contribution < -0.4 is 10.1 Å². The Balaban J connectivity index is 1.64. The number of carbonyl (C=O) groups excluding carboxylic acids is 2. The molecular weight excluding hydrogens is 351 g/mol. The van der Waals surface area contributed by atoms with Crippen molar-refractivity contribution in [3.8, 4) is 5.75 Å². The number of nitrogens with one attached hydrogen (secondary N) is 1. The predicted octanol–water partition coefficient (Wildman–Crippen LogP) is 2.34. The highest BCUT2D eigenvalue weighted by Gasteiger charge is 2.49. The van der Waals surface area contributed by atoms with Crippen LogP contribution in [0.4, 0.5) is 9.18 Å². The van der Waals surface area contributed by atoms with Crippen LogP contribution in [-0.2, 0) is 10.3 Å². The summed E-state index contributed by atoms with van der Waals surface area (Å²) < 4.78 is 18.3. The molecule has 6 nitrogen and oxygen atoms in total. The van der Waals surface area contributed by atoms with Gasteiger partial charge >= 0.3 is 6.03 Å². The fraction of sp³-hybridized carbons (Fsp3) is 0.300. The lowest BCUT2D eigenvalue weighted by molar-refractivity contribution is -0.132. The average Bonchev–Trinajstić information content (AvgIpc) is 2.86. The number of amides is 3. The molecule has 0 saturated carbocycles. The maximum atomic E-state index is 12.9. The molecule has 0 spiro atoms. The topological polar surface area (TPSA) is 78.9 Å². The summed E-state index contributed by atoms with van der Waals surface area (Å²) in [6.45, 7) is 3.24. The summed E-state index contributed by atoms with van der Waals surface area (Å²) in [7, 11) is 0. The van der Waals surface area contributed by atoms with Crippen LogP contribution in [0.3, 0.4) is 0 Å². The van der Waals surface area contributed by atoms with Crippen molar-refractivity contribution in [3.63, 3.8) is 0 Å².